The highest BCUT2D eigenvalue weighted by Gasteiger charge is 2.21. The molecule has 1 aromatic carbocycles. The van der Waals surface area contributed by atoms with Gasteiger partial charge >= 0.3 is 0 Å². The molecule has 4 heteroatoms. The molecule has 3 N–H and O–H groups in total. The van der Waals surface area contributed by atoms with Crippen LogP contribution in [0.2, 0.25) is 0 Å². The van der Waals surface area contributed by atoms with Crippen LogP contribution in [0.3, 0.4) is 0 Å². The van der Waals surface area contributed by atoms with Crippen molar-refractivity contribution < 1.29 is 9.53 Å². The summed E-state index contributed by atoms with van der Waals surface area (Å²) in [6, 6.07) is 10.7. The van der Waals surface area contributed by atoms with Crippen molar-refractivity contribution in [2.24, 2.45) is 11.7 Å². The molecule has 0 saturated carbocycles. The fourth-order valence-corrected chi connectivity index (χ4v) is 2.30. The van der Waals surface area contributed by atoms with Crippen LogP contribution in [0.25, 0.3) is 0 Å². The molecule has 4 nitrogen and oxygen atoms in total. The Kier molecular flexibility index (Phi) is 7.40. The van der Waals surface area contributed by atoms with Gasteiger partial charge in [-0.05, 0) is 58.2 Å². The fourth-order valence-electron chi connectivity index (χ4n) is 2.30. The lowest BCUT2D eigenvalue weighted by Crippen LogP contribution is -2.33. The summed E-state index contributed by atoms with van der Waals surface area (Å²) >= 11 is 0. The second-order valence-corrected chi connectivity index (χ2v) is 6.35. The molecule has 21 heavy (non-hydrogen) atoms. The standard InChI is InChI=1S/C12H18N2.C5H10O2/c13-12(10-4-2-1-3-5-10)11-6-8-14-9-7-11;1-5(2,3)7-4-6/h1-5,11-12,14H,6-9,13H2;4H,1-3H3. The summed E-state index contributed by atoms with van der Waals surface area (Å²) < 4.78 is 4.55. The molecule has 1 heterocycles. The van der Waals surface area contributed by atoms with E-state index in [9.17, 15) is 4.79 Å². The Hall–Kier alpha value is -1.39. The van der Waals surface area contributed by atoms with Gasteiger partial charge in [-0.1, -0.05) is 30.3 Å². The molecule has 0 spiro atoms. The zero-order valence-electron chi connectivity index (χ0n) is 13.3. The topological polar surface area (TPSA) is 64.3 Å². The van der Waals surface area contributed by atoms with Gasteiger partial charge in [-0.15, -0.1) is 0 Å². The van der Waals surface area contributed by atoms with Crippen molar-refractivity contribution in [3.05, 3.63) is 35.9 Å². The summed E-state index contributed by atoms with van der Waals surface area (Å²) in [7, 11) is 0. The SMILES string of the molecule is CC(C)(C)OC=O.NC(c1ccccc1)C1CCNCC1. The minimum Gasteiger partial charge on any atom is -0.462 e. The van der Waals surface area contributed by atoms with Crippen molar-refractivity contribution in [3.8, 4) is 0 Å². The number of piperidine rings is 1. The highest BCUT2D eigenvalue weighted by Crippen LogP contribution is 2.26. The van der Waals surface area contributed by atoms with Gasteiger partial charge in [-0.2, -0.15) is 0 Å². The Balaban J connectivity index is 0.000000270. The molecule has 1 aromatic rings. The predicted molar refractivity (Wildman–Crippen MR) is 85.9 cm³/mol. The predicted octanol–water partition coefficient (Wildman–Crippen LogP) is 2.64. The summed E-state index contributed by atoms with van der Waals surface area (Å²) in [5.74, 6) is 0.652. The van der Waals surface area contributed by atoms with E-state index in [4.69, 9.17) is 5.73 Å². The first-order valence-electron chi connectivity index (χ1n) is 7.57. The minimum atomic E-state index is -0.318. The quantitative estimate of drug-likeness (QED) is 0.841. The number of hydrogen-bond donors (Lipinski definition) is 2. The summed E-state index contributed by atoms with van der Waals surface area (Å²) in [6.45, 7) is 8.15. The van der Waals surface area contributed by atoms with Gasteiger partial charge in [0, 0.05) is 6.04 Å². The molecule has 0 radical (unpaired) electrons. The molecular weight excluding hydrogens is 264 g/mol. The van der Waals surface area contributed by atoms with Crippen molar-refractivity contribution in [2.45, 2.75) is 45.3 Å². The molecule has 2 rings (SSSR count). The van der Waals surface area contributed by atoms with Crippen molar-refractivity contribution in [3.63, 3.8) is 0 Å². The van der Waals surface area contributed by atoms with Gasteiger partial charge in [0.2, 0.25) is 0 Å². The number of benzene rings is 1. The number of nitrogens with one attached hydrogen (secondary N) is 1. The molecule has 1 unspecified atom stereocenters. The van der Waals surface area contributed by atoms with Crippen molar-refractivity contribution >= 4 is 6.47 Å². The average molecular weight is 292 g/mol. The lowest BCUT2D eigenvalue weighted by Gasteiger charge is -2.28. The van der Waals surface area contributed by atoms with E-state index in [1.165, 1.54) is 18.4 Å². The van der Waals surface area contributed by atoms with Gasteiger partial charge in [0.25, 0.3) is 6.47 Å². The van der Waals surface area contributed by atoms with Gasteiger partial charge < -0.3 is 15.8 Å². The van der Waals surface area contributed by atoms with E-state index in [0.717, 1.165) is 13.1 Å². The Morgan fingerprint density at radius 1 is 1.24 bits per heavy atom. The van der Waals surface area contributed by atoms with E-state index >= 15 is 0 Å². The zero-order chi connectivity index (χ0) is 15.7. The van der Waals surface area contributed by atoms with Crippen LogP contribution < -0.4 is 11.1 Å². The number of rotatable bonds is 3. The number of nitrogens with two attached hydrogens (primary N) is 1. The first kappa shape index (κ1) is 17.7. The molecule has 0 aliphatic carbocycles. The molecule has 0 amide bonds. The molecule has 1 fully saturated rings. The Bertz CT molecular complexity index is 395. The highest BCUT2D eigenvalue weighted by atomic mass is 16.5. The molecular formula is C17H28N2O2. The molecule has 118 valence electrons. The van der Waals surface area contributed by atoms with Gasteiger partial charge in [0.05, 0.1) is 0 Å². The maximum absolute atomic E-state index is 9.60. The van der Waals surface area contributed by atoms with Gasteiger partial charge in [-0.25, -0.2) is 0 Å². The Morgan fingerprint density at radius 2 is 1.81 bits per heavy atom. The van der Waals surface area contributed by atoms with Gasteiger partial charge in [-0.3, -0.25) is 4.79 Å². The Morgan fingerprint density at radius 3 is 2.24 bits per heavy atom. The molecule has 0 aromatic heterocycles. The van der Waals surface area contributed by atoms with Gasteiger partial charge in [0.1, 0.15) is 5.60 Å². The van der Waals surface area contributed by atoms with E-state index < -0.39 is 0 Å². The molecule has 1 aliphatic rings. The normalized spacial score (nSPS) is 17.3. The third-order valence-corrected chi connectivity index (χ3v) is 3.48. The van der Waals surface area contributed by atoms with Crippen LogP contribution in [0.4, 0.5) is 0 Å². The maximum atomic E-state index is 9.60. The van der Waals surface area contributed by atoms with Crippen molar-refractivity contribution in [1.29, 1.82) is 0 Å². The molecule has 0 bridgehead atoms. The molecule has 1 atom stereocenters. The number of hydrogen-bond acceptors (Lipinski definition) is 4. The number of ether oxygens (including phenoxy) is 1. The van der Waals surface area contributed by atoms with E-state index in [1.54, 1.807) is 0 Å². The Labute approximate surface area is 128 Å². The largest absolute Gasteiger partial charge is 0.462 e. The number of carbonyl (C=O) groups excluding carboxylic acids is 1. The van der Waals surface area contributed by atoms with Crippen LogP contribution in [-0.4, -0.2) is 25.2 Å². The van der Waals surface area contributed by atoms with Crippen LogP contribution in [0.1, 0.15) is 45.2 Å². The molecule has 1 saturated heterocycles. The third kappa shape index (κ3) is 7.25. The highest BCUT2D eigenvalue weighted by molar-refractivity contribution is 5.37. The minimum absolute atomic E-state index is 0.221. The van der Waals surface area contributed by atoms with Crippen molar-refractivity contribution in [2.75, 3.05) is 13.1 Å². The second-order valence-electron chi connectivity index (χ2n) is 6.35. The smallest absolute Gasteiger partial charge is 0.293 e. The second kappa shape index (κ2) is 8.80. The van der Waals surface area contributed by atoms with E-state index in [2.05, 4.69) is 34.3 Å². The lowest BCUT2D eigenvalue weighted by molar-refractivity contribution is -0.138. The van der Waals surface area contributed by atoms with Crippen LogP contribution in [0.5, 0.6) is 0 Å². The van der Waals surface area contributed by atoms with E-state index in [-0.39, 0.29) is 11.6 Å². The molecule has 1 aliphatic heterocycles. The monoisotopic (exact) mass is 292 g/mol. The summed E-state index contributed by atoms with van der Waals surface area (Å²) in [5, 5.41) is 3.37. The lowest BCUT2D eigenvalue weighted by atomic mass is 9.87. The van der Waals surface area contributed by atoms with Crippen LogP contribution in [-0.2, 0) is 9.53 Å². The van der Waals surface area contributed by atoms with Crippen LogP contribution in [0, 0.1) is 5.92 Å². The van der Waals surface area contributed by atoms with E-state index in [0.29, 0.717) is 12.4 Å². The summed E-state index contributed by atoms with van der Waals surface area (Å²) in [5.41, 5.74) is 7.20. The van der Waals surface area contributed by atoms with Crippen molar-refractivity contribution in [1.82, 2.24) is 5.32 Å². The number of carbonyl (C=O) groups is 1. The summed E-state index contributed by atoms with van der Waals surface area (Å²) in [4.78, 5) is 9.60. The average Bonchev–Trinajstić information content (AvgIpc) is 2.48. The first-order valence-corrected chi connectivity index (χ1v) is 7.57. The third-order valence-electron chi connectivity index (χ3n) is 3.48. The maximum Gasteiger partial charge on any atom is 0.293 e. The summed E-state index contributed by atoms with van der Waals surface area (Å²) in [6.07, 6.45) is 2.41. The van der Waals surface area contributed by atoms with Crippen LogP contribution >= 0.6 is 0 Å². The van der Waals surface area contributed by atoms with E-state index in [1.807, 2.05) is 26.8 Å². The first-order chi connectivity index (χ1) is 9.94. The zero-order valence-corrected chi connectivity index (χ0v) is 13.3. The van der Waals surface area contributed by atoms with Gasteiger partial charge in [0.15, 0.2) is 0 Å². The van der Waals surface area contributed by atoms with Crippen LogP contribution in [0.15, 0.2) is 30.3 Å². The fraction of sp³-hybridized carbons (Fsp3) is 0.588.